The second kappa shape index (κ2) is 4.07. The highest BCUT2D eigenvalue weighted by Crippen LogP contribution is 2.06. The van der Waals surface area contributed by atoms with Crippen molar-refractivity contribution in [3.63, 3.8) is 0 Å². The molecule has 0 saturated heterocycles. The summed E-state index contributed by atoms with van der Waals surface area (Å²) in [5.41, 5.74) is 2.96. The molecule has 0 aromatic carbocycles. The van der Waals surface area contributed by atoms with Crippen LogP contribution in [0, 0.1) is 11.5 Å². The normalized spacial score (nSPS) is 9.40. The summed E-state index contributed by atoms with van der Waals surface area (Å²) in [5.74, 6) is 2.46. The van der Waals surface area contributed by atoms with Crippen LogP contribution in [-0.2, 0) is 4.79 Å². The van der Waals surface area contributed by atoms with Crippen LogP contribution in [0.1, 0.15) is 0 Å². The monoisotopic (exact) mass is 152 g/mol. The van der Waals surface area contributed by atoms with Gasteiger partial charge in [-0.15, -0.1) is 12.1 Å². The first kappa shape index (κ1) is 9.19. The Bertz CT molecular complexity index is 183. The van der Waals surface area contributed by atoms with Crippen LogP contribution in [0.5, 0.6) is 0 Å². The summed E-state index contributed by atoms with van der Waals surface area (Å²) >= 11 is 0. The van der Waals surface area contributed by atoms with E-state index in [0.717, 1.165) is 6.04 Å². The number of hydrogen-bond acceptors (Lipinski definition) is 1. The van der Waals surface area contributed by atoms with Gasteiger partial charge in [0, 0.05) is 0 Å². The number of rotatable bonds is 2. The lowest BCUT2D eigenvalue weighted by atomic mass is 10.8. The van der Waals surface area contributed by atoms with Crippen molar-refractivity contribution in [1.29, 1.82) is 0 Å². The van der Waals surface area contributed by atoms with Crippen molar-refractivity contribution in [2.45, 2.75) is 19.1 Å². The molecule has 0 amide bonds. The molecular weight excluding hydrogens is 140 g/mol. The molecule has 1 nitrogen and oxygen atoms in total. The molecule has 0 unspecified atom stereocenters. The molecule has 0 spiro atoms. The van der Waals surface area contributed by atoms with Crippen LogP contribution in [0.3, 0.4) is 0 Å². The Morgan fingerprint density at radius 3 is 2.60 bits per heavy atom. The van der Waals surface area contributed by atoms with E-state index in [-0.39, 0.29) is 0 Å². The lowest BCUT2D eigenvalue weighted by Gasteiger charge is -2.09. The molecule has 0 saturated carbocycles. The zero-order valence-electron chi connectivity index (χ0n) is 6.48. The Kier molecular flexibility index (Phi) is 3.74. The number of carbonyl (C=O) groups excluding carboxylic acids is 1. The number of allylic oxidation sites excluding steroid dienone is 1. The van der Waals surface area contributed by atoms with E-state index in [9.17, 15) is 4.79 Å². The SMILES string of the molecule is C=CC[Si](C)(C)C#CC=O. The fourth-order valence-corrected chi connectivity index (χ4v) is 1.91. The van der Waals surface area contributed by atoms with Crippen molar-refractivity contribution in [3.8, 4) is 11.5 Å². The summed E-state index contributed by atoms with van der Waals surface area (Å²) in [5, 5.41) is 0. The van der Waals surface area contributed by atoms with Crippen LogP contribution in [0.2, 0.25) is 19.1 Å². The molecule has 0 heterocycles. The third-order valence-corrected chi connectivity index (χ3v) is 3.25. The zero-order chi connectivity index (χ0) is 8.04. The van der Waals surface area contributed by atoms with Crippen LogP contribution < -0.4 is 0 Å². The van der Waals surface area contributed by atoms with Crippen LogP contribution >= 0.6 is 0 Å². The second-order valence-corrected chi connectivity index (χ2v) is 7.19. The average Bonchev–Trinajstić information content (AvgIpc) is 1.84. The Morgan fingerprint density at radius 2 is 2.20 bits per heavy atom. The van der Waals surface area contributed by atoms with E-state index in [1.54, 1.807) is 0 Å². The quantitative estimate of drug-likeness (QED) is 0.254. The van der Waals surface area contributed by atoms with E-state index in [0.29, 0.717) is 6.29 Å². The maximum atomic E-state index is 9.88. The van der Waals surface area contributed by atoms with E-state index >= 15 is 0 Å². The fraction of sp³-hybridized carbons (Fsp3) is 0.375. The van der Waals surface area contributed by atoms with Gasteiger partial charge in [-0.2, -0.15) is 0 Å². The summed E-state index contributed by atoms with van der Waals surface area (Å²) in [6.07, 6.45) is 2.52. The zero-order valence-corrected chi connectivity index (χ0v) is 7.48. The topological polar surface area (TPSA) is 17.1 Å². The summed E-state index contributed by atoms with van der Waals surface area (Å²) < 4.78 is 0. The van der Waals surface area contributed by atoms with Gasteiger partial charge in [-0.25, -0.2) is 0 Å². The van der Waals surface area contributed by atoms with Crippen LogP contribution in [0.4, 0.5) is 0 Å². The maximum Gasteiger partial charge on any atom is 0.192 e. The van der Waals surface area contributed by atoms with Crippen LogP contribution in [0.15, 0.2) is 12.7 Å². The summed E-state index contributed by atoms with van der Waals surface area (Å²) in [6, 6.07) is 0.952. The summed E-state index contributed by atoms with van der Waals surface area (Å²) in [4.78, 5) is 9.88. The molecule has 0 aromatic heterocycles. The van der Waals surface area contributed by atoms with Gasteiger partial charge < -0.3 is 0 Å². The van der Waals surface area contributed by atoms with Gasteiger partial charge >= 0.3 is 0 Å². The first-order valence-electron chi connectivity index (χ1n) is 3.19. The smallest absolute Gasteiger partial charge is 0.192 e. The van der Waals surface area contributed by atoms with Crippen molar-refractivity contribution < 1.29 is 4.79 Å². The first-order valence-corrected chi connectivity index (χ1v) is 6.40. The minimum Gasteiger partial charge on any atom is -0.289 e. The van der Waals surface area contributed by atoms with Gasteiger partial charge in [-0.1, -0.05) is 19.2 Å². The molecule has 0 N–H and O–H groups in total. The first-order chi connectivity index (χ1) is 4.62. The predicted molar refractivity (Wildman–Crippen MR) is 46.3 cm³/mol. The molecular formula is C8H12OSi. The third-order valence-electron chi connectivity index (χ3n) is 1.12. The van der Waals surface area contributed by atoms with E-state index in [4.69, 9.17) is 0 Å². The van der Waals surface area contributed by atoms with E-state index < -0.39 is 8.07 Å². The lowest BCUT2D eigenvalue weighted by molar-refractivity contribution is -0.103. The van der Waals surface area contributed by atoms with E-state index in [2.05, 4.69) is 31.1 Å². The molecule has 2 heteroatoms. The minimum atomic E-state index is -1.43. The van der Waals surface area contributed by atoms with Gasteiger partial charge in [0.2, 0.25) is 0 Å². The molecule has 0 radical (unpaired) electrons. The molecule has 0 rings (SSSR count). The third kappa shape index (κ3) is 4.10. The molecule has 10 heavy (non-hydrogen) atoms. The van der Waals surface area contributed by atoms with Crippen molar-refractivity contribution in [3.05, 3.63) is 12.7 Å². The Balaban J connectivity index is 4.09. The van der Waals surface area contributed by atoms with E-state index in [1.165, 1.54) is 0 Å². The second-order valence-electron chi connectivity index (χ2n) is 2.76. The van der Waals surface area contributed by atoms with Gasteiger partial charge in [0.15, 0.2) is 6.29 Å². The van der Waals surface area contributed by atoms with Gasteiger partial charge in [0.05, 0.1) is 0 Å². The number of carbonyl (C=O) groups is 1. The standard InChI is InChI=1S/C8H12OSi/c1-4-7-10(2,3)8-5-6-9/h4,6H,1,7H2,2-3H3. The molecule has 0 bridgehead atoms. The Morgan fingerprint density at radius 1 is 1.60 bits per heavy atom. The summed E-state index contributed by atoms with van der Waals surface area (Å²) in [6.45, 7) is 7.87. The fourth-order valence-electron chi connectivity index (χ4n) is 0.637. The molecule has 0 aliphatic rings. The highest BCUT2D eigenvalue weighted by atomic mass is 28.3. The van der Waals surface area contributed by atoms with E-state index in [1.807, 2.05) is 6.08 Å². The molecule has 0 fully saturated rings. The lowest BCUT2D eigenvalue weighted by Crippen LogP contribution is -2.21. The predicted octanol–water partition coefficient (Wildman–Crippen LogP) is 1.62. The molecule has 0 aliphatic carbocycles. The van der Waals surface area contributed by atoms with Crippen molar-refractivity contribution in [1.82, 2.24) is 0 Å². The molecule has 0 aliphatic heterocycles. The summed E-state index contributed by atoms with van der Waals surface area (Å²) in [7, 11) is -1.43. The number of aldehydes is 1. The van der Waals surface area contributed by atoms with Crippen molar-refractivity contribution in [2.24, 2.45) is 0 Å². The molecule has 0 aromatic rings. The molecule has 0 atom stereocenters. The van der Waals surface area contributed by atoms with Gasteiger partial charge in [0.25, 0.3) is 0 Å². The number of hydrogen-bond donors (Lipinski definition) is 0. The van der Waals surface area contributed by atoms with Gasteiger partial charge in [0.1, 0.15) is 8.07 Å². The average molecular weight is 152 g/mol. The minimum absolute atomic E-state index is 0.651. The maximum absolute atomic E-state index is 9.88. The Hall–Kier alpha value is -0.813. The van der Waals surface area contributed by atoms with Crippen molar-refractivity contribution >= 4 is 14.4 Å². The Labute approximate surface area is 63.1 Å². The van der Waals surface area contributed by atoms with Crippen LogP contribution in [-0.4, -0.2) is 14.4 Å². The van der Waals surface area contributed by atoms with Gasteiger partial charge in [-0.3, -0.25) is 4.79 Å². The van der Waals surface area contributed by atoms with Crippen molar-refractivity contribution in [2.75, 3.05) is 0 Å². The van der Waals surface area contributed by atoms with Crippen LogP contribution in [0.25, 0.3) is 0 Å². The highest BCUT2D eigenvalue weighted by Gasteiger charge is 2.14. The van der Waals surface area contributed by atoms with Gasteiger partial charge in [-0.05, 0) is 12.0 Å². The largest absolute Gasteiger partial charge is 0.289 e. The highest BCUT2D eigenvalue weighted by molar-refractivity contribution is 6.85. The molecule has 54 valence electrons.